The summed E-state index contributed by atoms with van der Waals surface area (Å²) >= 11 is 3.14. The zero-order chi connectivity index (χ0) is 19.3. The zero-order valence-electron chi connectivity index (χ0n) is 14.5. The molecule has 0 aromatic heterocycles. The molecule has 1 aliphatic heterocycles. The van der Waals surface area contributed by atoms with Crippen LogP contribution in [0.25, 0.3) is 0 Å². The number of ether oxygens (including phenoxy) is 5. The molecule has 0 saturated carbocycles. The zero-order valence-corrected chi connectivity index (χ0v) is 16.1. The van der Waals surface area contributed by atoms with Crippen LogP contribution in [0.4, 0.5) is 0 Å². The van der Waals surface area contributed by atoms with E-state index >= 15 is 0 Å². The molecule has 1 rings (SSSR count). The fourth-order valence-electron chi connectivity index (χ4n) is 2.25. The summed E-state index contributed by atoms with van der Waals surface area (Å²) in [6, 6.07) is 0. The van der Waals surface area contributed by atoms with Crippen molar-refractivity contribution < 1.29 is 42.9 Å². The molecule has 0 aliphatic carbocycles. The van der Waals surface area contributed by atoms with Crippen LogP contribution in [-0.4, -0.2) is 59.4 Å². The first-order valence-corrected chi connectivity index (χ1v) is 8.46. The molecule has 9 nitrogen and oxygen atoms in total. The number of alkyl halides is 1. The van der Waals surface area contributed by atoms with Crippen LogP contribution in [0.3, 0.4) is 0 Å². The van der Waals surface area contributed by atoms with Crippen molar-refractivity contribution in [2.45, 2.75) is 70.2 Å². The van der Waals surface area contributed by atoms with Gasteiger partial charge in [-0.25, -0.2) is 4.79 Å². The summed E-state index contributed by atoms with van der Waals surface area (Å²) in [6.45, 7) is 6.69. The molecule has 0 spiro atoms. The molecule has 142 valence electrons. The Hall–Kier alpha value is -1.68. The lowest BCUT2D eigenvalue weighted by atomic mass is 9.99. The first-order valence-electron chi connectivity index (χ1n) is 7.54. The lowest BCUT2D eigenvalue weighted by Gasteiger charge is -2.42. The first-order chi connectivity index (χ1) is 11.5. The predicted octanol–water partition coefficient (Wildman–Crippen LogP) is 0.853. The third kappa shape index (κ3) is 6.28. The van der Waals surface area contributed by atoms with E-state index in [0.29, 0.717) is 0 Å². The largest absolute Gasteiger partial charge is 0.461 e. The standard InChI is InChI=1S/C15H21BrO9/c1-6(2)21-15(20)13-11(23-8(4)18)10(22-7(3)17)12(14(16)25-13)24-9(5)19/h6,10-14H,1-5H3/t10-,11-,12+,13-,14-/m0/s1. The van der Waals surface area contributed by atoms with Gasteiger partial charge in [-0.05, 0) is 13.8 Å². The molecule has 0 radical (unpaired) electrons. The summed E-state index contributed by atoms with van der Waals surface area (Å²) in [5.41, 5.74) is 0. The first kappa shape index (κ1) is 21.4. The van der Waals surface area contributed by atoms with E-state index in [4.69, 9.17) is 23.7 Å². The summed E-state index contributed by atoms with van der Waals surface area (Å²) < 4.78 is 26.0. The Morgan fingerprint density at radius 1 is 0.840 bits per heavy atom. The molecule has 25 heavy (non-hydrogen) atoms. The normalized spacial score (nSPS) is 28.8. The Morgan fingerprint density at radius 3 is 1.72 bits per heavy atom. The van der Waals surface area contributed by atoms with Crippen molar-refractivity contribution in [3.8, 4) is 0 Å². The molecule has 10 heteroatoms. The van der Waals surface area contributed by atoms with Gasteiger partial charge in [0.1, 0.15) is 0 Å². The van der Waals surface area contributed by atoms with Crippen LogP contribution in [0.15, 0.2) is 0 Å². The molecule has 0 bridgehead atoms. The minimum absolute atomic E-state index is 0.443. The van der Waals surface area contributed by atoms with Gasteiger partial charge >= 0.3 is 23.9 Å². The summed E-state index contributed by atoms with van der Waals surface area (Å²) in [6.07, 6.45) is -5.54. The fourth-order valence-corrected chi connectivity index (χ4v) is 2.89. The summed E-state index contributed by atoms with van der Waals surface area (Å²) in [5, 5.41) is -0.989. The van der Waals surface area contributed by atoms with E-state index < -0.39 is 59.4 Å². The average molecular weight is 425 g/mol. The van der Waals surface area contributed by atoms with E-state index in [-0.39, 0.29) is 0 Å². The second kappa shape index (κ2) is 9.14. The Kier molecular flexibility index (Phi) is 7.81. The van der Waals surface area contributed by atoms with Gasteiger partial charge in [-0.1, -0.05) is 15.9 Å². The molecular weight excluding hydrogens is 404 g/mol. The van der Waals surface area contributed by atoms with Crippen molar-refractivity contribution in [1.29, 1.82) is 0 Å². The predicted molar refractivity (Wildman–Crippen MR) is 85.5 cm³/mol. The maximum absolute atomic E-state index is 12.3. The van der Waals surface area contributed by atoms with Crippen molar-refractivity contribution in [3.05, 3.63) is 0 Å². The highest BCUT2D eigenvalue weighted by Crippen LogP contribution is 2.32. The van der Waals surface area contributed by atoms with Crippen LogP contribution in [0.5, 0.6) is 0 Å². The van der Waals surface area contributed by atoms with Crippen LogP contribution in [0.1, 0.15) is 34.6 Å². The van der Waals surface area contributed by atoms with Crippen molar-refractivity contribution >= 4 is 39.8 Å². The monoisotopic (exact) mass is 424 g/mol. The van der Waals surface area contributed by atoms with Crippen molar-refractivity contribution in [3.63, 3.8) is 0 Å². The molecule has 5 atom stereocenters. The van der Waals surface area contributed by atoms with Gasteiger partial charge in [0.15, 0.2) is 29.4 Å². The van der Waals surface area contributed by atoms with Gasteiger partial charge in [-0.15, -0.1) is 0 Å². The lowest BCUT2D eigenvalue weighted by molar-refractivity contribution is -0.235. The number of rotatable bonds is 5. The SMILES string of the molecule is CC(=O)O[C@@H]1[C@@H](OC(C)=O)[C@@H](Br)O[C@H](C(=O)OC(C)C)[C@H]1OC(C)=O. The average Bonchev–Trinajstić information content (AvgIpc) is 2.43. The van der Waals surface area contributed by atoms with Gasteiger partial charge in [-0.2, -0.15) is 0 Å². The fraction of sp³-hybridized carbons (Fsp3) is 0.733. The van der Waals surface area contributed by atoms with Crippen LogP contribution >= 0.6 is 15.9 Å². The van der Waals surface area contributed by atoms with E-state index in [9.17, 15) is 19.2 Å². The van der Waals surface area contributed by atoms with Crippen molar-refractivity contribution in [2.24, 2.45) is 0 Å². The molecule has 0 N–H and O–H groups in total. The number of halogens is 1. The Bertz CT molecular complexity index is 533. The van der Waals surface area contributed by atoms with Gasteiger partial charge in [0.05, 0.1) is 6.10 Å². The van der Waals surface area contributed by atoms with Gasteiger partial charge in [-0.3, -0.25) is 14.4 Å². The van der Waals surface area contributed by atoms with Gasteiger partial charge < -0.3 is 23.7 Å². The summed E-state index contributed by atoms with van der Waals surface area (Å²) in [5.74, 6) is -2.91. The molecule has 1 saturated heterocycles. The van der Waals surface area contributed by atoms with Crippen LogP contribution in [0.2, 0.25) is 0 Å². The van der Waals surface area contributed by atoms with E-state index in [0.717, 1.165) is 20.8 Å². The molecular formula is C15H21BrO9. The highest BCUT2D eigenvalue weighted by Gasteiger charge is 2.54. The molecule has 1 fully saturated rings. The Balaban J connectivity index is 3.22. The smallest absolute Gasteiger partial charge is 0.339 e. The second-order valence-electron chi connectivity index (χ2n) is 5.62. The molecule has 0 unspecified atom stereocenters. The number of carbonyl (C=O) groups excluding carboxylic acids is 4. The van der Waals surface area contributed by atoms with Crippen LogP contribution < -0.4 is 0 Å². The minimum atomic E-state index is -1.37. The van der Waals surface area contributed by atoms with E-state index in [1.54, 1.807) is 13.8 Å². The quantitative estimate of drug-likeness (QED) is 0.359. The van der Waals surface area contributed by atoms with Crippen molar-refractivity contribution in [1.82, 2.24) is 0 Å². The lowest BCUT2D eigenvalue weighted by Crippen LogP contribution is -2.62. The highest BCUT2D eigenvalue weighted by molar-refractivity contribution is 9.09. The minimum Gasteiger partial charge on any atom is -0.461 e. The molecule has 1 heterocycles. The van der Waals surface area contributed by atoms with Crippen molar-refractivity contribution in [2.75, 3.05) is 0 Å². The second-order valence-corrected chi connectivity index (χ2v) is 6.52. The van der Waals surface area contributed by atoms with Gasteiger partial charge in [0.2, 0.25) is 0 Å². The number of esters is 4. The van der Waals surface area contributed by atoms with E-state index in [2.05, 4.69) is 15.9 Å². The van der Waals surface area contributed by atoms with Crippen LogP contribution in [0, 0.1) is 0 Å². The maximum Gasteiger partial charge on any atom is 0.339 e. The molecule has 0 aromatic rings. The number of hydrogen-bond acceptors (Lipinski definition) is 9. The van der Waals surface area contributed by atoms with Gasteiger partial charge in [0, 0.05) is 20.8 Å². The number of carbonyl (C=O) groups is 4. The highest BCUT2D eigenvalue weighted by atomic mass is 79.9. The number of hydrogen-bond donors (Lipinski definition) is 0. The third-order valence-electron chi connectivity index (χ3n) is 2.97. The molecule has 1 aliphatic rings. The Morgan fingerprint density at radius 2 is 1.28 bits per heavy atom. The molecule has 0 amide bonds. The van der Waals surface area contributed by atoms with E-state index in [1.807, 2.05) is 0 Å². The summed E-state index contributed by atoms with van der Waals surface area (Å²) in [4.78, 5) is 46.6. The maximum atomic E-state index is 12.3. The molecule has 0 aromatic carbocycles. The van der Waals surface area contributed by atoms with Gasteiger partial charge in [0.25, 0.3) is 0 Å². The van der Waals surface area contributed by atoms with E-state index in [1.165, 1.54) is 0 Å². The summed E-state index contributed by atoms with van der Waals surface area (Å²) in [7, 11) is 0. The van der Waals surface area contributed by atoms with Crippen LogP contribution in [-0.2, 0) is 42.9 Å². The third-order valence-corrected chi connectivity index (χ3v) is 3.71. The topological polar surface area (TPSA) is 114 Å². The Labute approximate surface area is 153 Å².